The Labute approximate surface area is 117 Å². The van der Waals surface area contributed by atoms with Crippen molar-refractivity contribution >= 4 is 5.97 Å². The zero-order chi connectivity index (χ0) is 14.3. The summed E-state index contributed by atoms with van der Waals surface area (Å²) >= 11 is 0. The fourth-order valence-electron chi connectivity index (χ4n) is 2.44. The molecule has 19 heavy (non-hydrogen) atoms. The van der Waals surface area contributed by atoms with Gasteiger partial charge < -0.3 is 9.84 Å². The number of rotatable bonds is 6. The summed E-state index contributed by atoms with van der Waals surface area (Å²) in [5.74, 6) is 0.295. The summed E-state index contributed by atoms with van der Waals surface area (Å²) in [6, 6.07) is 0. The van der Waals surface area contributed by atoms with Crippen LogP contribution in [0.25, 0.3) is 0 Å². The van der Waals surface area contributed by atoms with Crippen molar-refractivity contribution in [1.29, 1.82) is 0 Å². The molecule has 1 rings (SSSR count). The molecule has 3 heteroatoms. The molecule has 0 aliphatic heterocycles. The minimum Gasteiger partial charge on any atom is -0.462 e. The Bertz CT molecular complexity index is 297. The topological polar surface area (TPSA) is 46.5 Å². The lowest BCUT2D eigenvalue weighted by molar-refractivity contribution is -0.152. The number of carbonyl (C=O) groups excluding carboxylic acids is 1. The lowest BCUT2D eigenvalue weighted by Gasteiger charge is -2.25. The van der Waals surface area contributed by atoms with Crippen LogP contribution in [0.15, 0.2) is 11.6 Å². The number of hydrogen-bond donors (Lipinski definition) is 1. The summed E-state index contributed by atoms with van der Waals surface area (Å²) < 4.78 is 5.47. The average molecular weight is 268 g/mol. The smallest absolute Gasteiger partial charge is 0.306 e. The third kappa shape index (κ3) is 7.36. The maximum atomic E-state index is 11.8. The van der Waals surface area contributed by atoms with Crippen LogP contribution in [0.5, 0.6) is 0 Å². The van der Waals surface area contributed by atoms with Crippen LogP contribution in [0.1, 0.15) is 65.7 Å². The van der Waals surface area contributed by atoms with Crippen molar-refractivity contribution < 1.29 is 14.6 Å². The highest BCUT2D eigenvalue weighted by Crippen LogP contribution is 2.22. The normalized spacial score (nSPS) is 24.6. The predicted molar refractivity (Wildman–Crippen MR) is 76.8 cm³/mol. The van der Waals surface area contributed by atoms with E-state index >= 15 is 0 Å². The Kier molecular flexibility index (Phi) is 7.14. The van der Waals surface area contributed by atoms with Crippen molar-refractivity contribution in [3.05, 3.63) is 11.6 Å². The molecular formula is C16H28O3. The van der Waals surface area contributed by atoms with Crippen molar-refractivity contribution in [3.8, 4) is 0 Å². The van der Waals surface area contributed by atoms with Crippen molar-refractivity contribution in [2.45, 2.75) is 77.9 Å². The summed E-state index contributed by atoms with van der Waals surface area (Å²) in [5.41, 5.74) is 1.33. The monoisotopic (exact) mass is 268 g/mol. The first-order valence-electron chi connectivity index (χ1n) is 7.48. The van der Waals surface area contributed by atoms with Gasteiger partial charge in [0.15, 0.2) is 0 Å². The molecule has 110 valence electrons. The third-order valence-electron chi connectivity index (χ3n) is 3.67. The molecule has 3 nitrogen and oxygen atoms in total. The van der Waals surface area contributed by atoms with E-state index in [2.05, 4.69) is 26.8 Å². The van der Waals surface area contributed by atoms with Crippen LogP contribution in [0.4, 0.5) is 0 Å². The number of esters is 1. The molecule has 0 aromatic carbocycles. The average Bonchev–Trinajstić information content (AvgIpc) is 2.31. The van der Waals surface area contributed by atoms with E-state index in [4.69, 9.17) is 4.74 Å². The Balaban J connectivity index is 2.17. The second kappa shape index (κ2) is 8.36. The molecule has 0 spiro atoms. The largest absolute Gasteiger partial charge is 0.462 e. The van der Waals surface area contributed by atoms with Gasteiger partial charge in [0.2, 0.25) is 0 Å². The molecule has 0 radical (unpaired) electrons. The lowest BCUT2D eigenvalue weighted by atomic mass is 9.95. The number of carbonyl (C=O) groups is 1. The van der Waals surface area contributed by atoms with Crippen LogP contribution >= 0.6 is 0 Å². The zero-order valence-electron chi connectivity index (χ0n) is 12.5. The third-order valence-corrected chi connectivity index (χ3v) is 3.67. The standard InChI is InChI=1S/C16H28O3/c1-12(2)5-4-6-13(3)11-16(18)19-15-9-7-14(17)8-10-15/h5,13-15,17H,4,6-11H2,1-3H3. The molecule has 1 unspecified atom stereocenters. The molecule has 1 aliphatic rings. The van der Waals surface area contributed by atoms with E-state index < -0.39 is 0 Å². The highest BCUT2D eigenvalue weighted by molar-refractivity contribution is 5.69. The van der Waals surface area contributed by atoms with E-state index in [1.165, 1.54) is 5.57 Å². The summed E-state index contributed by atoms with van der Waals surface area (Å²) in [6.45, 7) is 6.29. The van der Waals surface area contributed by atoms with Crippen LogP contribution < -0.4 is 0 Å². The van der Waals surface area contributed by atoms with Crippen LogP contribution in [0.2, 0.25) is 0 Å². The van der Waals surface area contributed by atoms with Gasteiger partial charge >= 0.3 is 5.97 Å². The van der Waals surface area contributed by atoms with Crippen LogP contribution in [-0.4, -0.2) is 23.3 Å². The Morgan fingerprint density at radius 2 is 1.95 bits per heavy atom. The van der Waals surface area contributed by atoms with E-state index in [1.54, 1.807) is 0 Å². The highest BCUT2D eigenvalue weighted by Gasteiger charge is 2.22. The van der Waals surface area contributed by atoms with Gasteiger partial charge in [0.05, 0.1) is 6.10 Å². The van der Waals surface area contributed by atoms with Gasteiger partial charge in [0, 0.05) is 6.42 Å². The number of allylic oxidation sites excluding steroid dienone is 2. The van der Waals surface area contributed by atoms with E-state index in [0.29, 0.717) is 12.3 Å². The van der Waals surface area contributed by atoms with Gasteiger partial charge in [-0.1, -0.05) is 18.6 Å². The van der Waals surface area contributed by atoms with E-state index in [0.717, 1.165) is 38.5 Å². The number of hydrogen-bond acceptors (Lipinski definition) is 3. The maximum Gasteiger partial charge on any atom is 0.306 e. The fraction of sp³-hybridized carbons (Fsp3) is 0.812. The molecule has 1 saturated carbocycles. The quantitative estimate of drug-likeness (QED) is 0.591. The molecule has 1 atom stereocenters. The molecule has 1 aliphatic carbocycles. The molecule has 0 bridgehead atoms. The molecule has 0 heterocycles. The Morgan fingerprint density at radius 3 is 2.53 bits per heavy atom. The van der Waals surface area contributed by atoms with Gasteiger partial charge in [-0.25, -0.2) is 0 Å². The first-order valence-corrected chi connectivity index (χ1v) is 7.48. The summed E-state index contributed by atoms with van der Waals surface area (Å²) in [4.78, 5) is 11.8. The van der Waals surface area contributed by atoms with Crippen molar-refractivity contribution in [1.82, 2.24) is 0 Å². The predicted octanol–water partition coefficient (Wildman–Crippen LogP) is 3.61. The number of aliphatic hydroxyl groups is 1. The van der Waals surface area contributed by atoms with Gasteiger partial charge in [0.25, 0.3) is 0 Å². The highest BCUT2D eigenvalue weighted by atomic mass is 16.5. The fourth-order valence-corrected chi connectivity index (χ4v) is 2.44. The van der Waals surface area contributed by atoms with Gasteiger partial charge in [-0.2, -0.15) is 0 Å². The van der Waals surface area contributed by atoms with E-state index in [-0.39, 0.29) is 18.2 Å². The first kappa shape index (κ1) is 16.2. The summed E-state index contributed by atoms with van der Waals surface area (Å²) in [6.07, 6.45) is 7.75. The van der Waals surface area contributed by atoms with E-state index in [1.807, 2.05) is 0 Å². The van der Waals surface area contributed by atoms with Crippen LogP contribution in [0.3, 0.4) is 0 Å². The molecule has 0 aromatic rings. The Hall–Kier alpha value is -0.830. The van der Waals surface area contributed by atoms with Gasteiger partial charge in [-0.15, -0.1) is 0 Å². The maximum absolute atomic E-state index is 11.8. The Morgan fingerprint density at radius 1 is 1.32 bits per heavy atom. The zero-order valence-corrected chi connectivity index (χ0v) is 12.5. The molecule has 0 saturated heterocycles. The lowest BCUT2D eigenvalue weighted by Crippen LogP contribution is -2.27. The second-order valence-electron chi connectivity index (χ2n) is 6.09. The number of aliphatic hydroxyl groups excluding tert-OH is 1. The van der Waals surface area contributed by atoms with Crippen LogP contribution in [0, 0.1) is 5.92 Å². The second-order valence-corrected chi connectivity index (χ2v) is 6.09. The molecule has 1 N–H and O–H groups in total. The summed E-state index contributed by atoms with van der Waals surface area (Å²) in [7, 11) is 0. The van der Waals surface area contributed by atoms with E-state index in [9.17, 15) is 9.90 Å². The molecular weight excluding hydrogens is 240 g/mol. The summed E-state index contributed by atoms with van der Waals surface area (Å²) in [5, 5.41) is 9.40. The molecule has 0 amide bonds. The van der Waals surface area contributed by atoms with Gasteiger partial charge in [-0.05, 0) is 58.3 Å². The first-order chi connectivity index (χ1) is 8.97. The van der Waals surface area contributed by atoms with Crippen molar-refractivity contribution in [2.24, 2.45) is 5.92 Å². The number of ether oxygens (including phenoxy) is 1. The van der Waals surface area contributed by atoms with Crippen molar-refractivity contribution in [2.75, 3.05) is 0 Å². The van der Waals surface area contributed by atoms with Gasteiger partial charge in [-0.3, -0.25) is 4.79 Å². The minimum atomic E-state index is -0.196. The van der Waals surface area contributed by atoms with Crippen molar-refractivity contribution in [3.63, 3.8) is 0 Å². The molecule has 1 fully saturated rings. The minimum absolute atomic E-state index is 0.0286. The van der Waals surface area contributed by atoms with Gasteiger partial charge in [0.1, 0.15) is 6.10 Å². The SMILES string of the molecule is CC(C)=CCCC(C)CC(=O)OC1CCC(O)CC1. The van der Waals surface area contributed by atoms with Crippen LogP contribution in [-0.2, 0) is 9.53 Å². The molecule has 0 aromatic heterocycles.